The summed E-state index contributed by atoms with van der Waals surface area (Å²) < 4.78 is 14.9. The summed E-state index contributed by atoms with van der Waals surface area (Å²) in [6, 6.07) is 1.81. The van der Waals surface area contributed by atoms with E-state index in [4.69, 9.17) is 19.6 Å². The molecule has 9 nitrogen and oxygen atoms in total. The Morgan fingerprint density at radius 2 is 2.00 bits per heavy atom. The summed E-state index contributed by atoms with van der Waals surface area (Å²) in [6.07, 6.45) is 2.73. The number of furan rings is 1. The SMILES string of the molecule is CCOC(=O)c1c(C)oc(NC(=O)COC(=O)/C=C/c2ccsc2)c1C(N)=O. The lowest BCUT2D eigenvalue weighted by Gasteiger charge is -2.05. The number of carbonyl (C=O) groups is 4. The van der Waals surface area contributed by atoms with Crippen molar-refractivity contribution in [3.05, 3.63) is 45.4 Å². The third-order valence-corrected chi connectivity index (χ3v) is 4.07. The zero-order chi connectivity index (χ0) is 20.7. The van der Waals surface area contributed by atoms with Gasteiger partial charge in [-0.3, -0.25) is 14.9 Å². The summed E-state index contributed by atoms with van der Waals surface area (Å²) in [5.41, 5.74) is 5.65. The van der Waals surface area contributed by atoms with Crippen LogP contribution < -0.4 is 11.1 Å². The second kappa shape index (κ2) is 9.51. The fraction of sp³-hybridized carbons (Fsp3) is 0.222. The molecule has 0 atom stereocenters. The molecule has 0 aliphatic carbocycles. The number of primary amides is 1. The van der Waals surface area contributed by atoms with Crippen molar-refractivity contribution in [2.45, 2.75) is 13.8 Å². The van der Waals surface area contributed by atoms with Crippen LogP contribution in [-0.2, 0) is 19.1 Å². The molecule has 2 aromatic rings. The lowest BCUT2D eigenvalue weighted by molar-refractivity contribution is -0.142. The standard InChI is InChI=1S/C18H18N2O7S/c1-3-25-18(24)14-10(2)27-17(15(14)16(19)23)20-12(21)8-26-13(22)5-4-11-6-7-28-9-11/h4-7,9H,3,8H2,1-2H3,(H2,19,23)(H,20,21)/b5-4+. The molecule has 0 radical (unpaired) electrons. The molecule has 2 heterocycles. The van der Waals surface area contributed by atoms with Crippen molar-refractivity contribution >= 4 is 47.0 Å². The molecule has 148 valence electrons. The van der Waals surface area contributed by atoms with Crippen LogP contribution in [0.15, 0.2) is 27.3 Å². The first-order valence-electron chi connectivity index (χ1n) is 8.10. The first-order valence-corrected chi connectivity index (χ1v) is 9.05. The van der Waals surface area contributed by atoms with E-state index in [0.717, 1.165) is 5.56 Å². The number of carbonyl (C=O) groups excluding carboxylic acids is 4. The lowest BCUT2D eigenvalue weighted by atomic mass is 10.1. The molecule has 0 aliphatic heterocycles. The van der Waals surface area contributed by atoms with E-state index < -0.39 is 30.4 Å². The molecule has 0 saturated heterocycles. The molecule has 0 saturated carbocycles. The third kappa shape index (κ3) is 5.30. The molecule has 0 aliphatic rings. The third-order valence-electron chi connectivity index (χ3n) is 3.36. The maximum atomic E-state index is 12.0. The van der Waals surface area contributed by atoms with Crippen LogP contribution in [0.25, 0.3) is 6.08 Å². The zero-order valence-corrected chi connectivity index (χ0v) is 16.0. The molecular formula is C18H18N2O7S. The Morgan fingerprint density at radius 3 is 2.61 bits per heavy atom. The van der Waals surface area contributed by atoms with Crippen molar-refractivity contribution in [3.63, 3.8) is 0 Å². The largest absolute Gasteiger partial charge is 0.462 e. The van der Waals surface area contributed by atoms with Crippen LogP contribution in [-0.4, -0.2) is 37.0 Å². The van der Waals surface area contributed by atoms with Crippen LogP contribution >= 0.6 is 11.3 Å². The molecule has 0 spiro atoms. The summed E-state index contributed by atoms with van der Waals surface area (Å²) in [6.45, 7) is 2.47. The van der Waals surface area contributed by atoms with Gasteiger partial charge in [-0.1, -0.05) is 0 Å². The molecule has 0 fully saturated rings. The van der Waals surface area contributed by atoms with Gasteiger partial charge >= 0.3 is 11.9 Å². The molecule has 2 amide bonds. The summed E-state index contributed by atoms with van der Waals surface area (Å²) in [5.74, 6) is -3.54. The van der Waals surface area contributed by atoms with Gasteiger partial charge in [0.15, 0.2) is 6.61 Å². The number of anilines is 1. The van der Waals surface area contributed by atoms with Crippen LogP contribution in [0.5, 0.6) is 0 Å². The van der Waals surface area contributed by atoms with E-state index in [0.29, 0.717) is 0 Å². The molecule has 2 aromatic heterocycles. The predicted molar refractivity (Wildman–Crippen MR) is 101 cm³/mol. The second-order valence-corrected chi connectivity index (χ2v) is 6.15. The highest BCUT2D eigenvalue weighted by Gasteiger charge is 2.29. The minimum absolute atomic E-state index is 0.0539. The number of amides is 2. The summed E-state index contributed by atoms with van der Waals surface area (Å²) in [5, 5.41) is 5.95. The molecule has 2 rings (SSSR count). The highest BCUT2D eigenvalue weighted by Crippen LogP contribution is 2.27. The Bertz CT molecular complexity index is 913. The number of nitrogens with one attached hydrogen (secondary N) is 1. The Hall–Kier alpha value is -3.40. The Balaban J connectivity index is 2.03. The number of hydrogen-bond donors (Lipinski definition) is 2. The first-order chi connectivity index (χ1) is 13.3. The van der Waals surface area contributed by atoms with Gasteiger partial charge in [-0.2, -0.15) is 11.3 Å². The normalized spacial score (nSPS) is 10.6. The van der Waals surface area contributed by atoms with Crippen LogP contribution in [0.4, 0.5) is 5.88 Å². The van der Waals surface area contributed by atoms with Crippen molar-refractivity contribution in [1.29, 1.82) is 0 Å². The number of thiophene rings is 1. The minimum atomic E-state index is -0.981. The summed E-state index contributed by atoms with van der Waals surface area (Å²) >= 11 is 1.47. The average Bonchev–Trinajstić information content (AvgIpc) is 3.25. The van der Waals surface area contributed by atoms with Crippen molar-refractivity contribution in [1.82, 2.24) is 0 Å². The molecular weight excluding hydrogens is 388 g/mol. The van der Waals surface area contributed by atoms with Gasteiger partial charge in [-0.25, -0.2) is 9.59 Å². The van der Waals surface area contributed by atoms with Crippen molar-refractivity contribution in [2.75, 3.05) is 18.5 Å². The fourth-order valence-electron chi connectivity index (χ4n) is 2.20. The molecule has 28 heavy (non-hydrogen) atoms. The van der Waals surface area contributed by atoms with E-state index >= 15 is 0 Å². The van der Waals surface area contributed by atoms with Crippen molar-refractivity contribution in [2.24, 2.45) is 5.73 Å². The van der Waals surface area contributed by atoms with Crippen LogP contribution in [0.2, 0.25) is 0 Å². The van der Waals surface area contributed by atoms with E-state index in [-0.39, 0.29) is 29.4 Å². The minimum Gasteiger partial charge on any atom is -0.462 e. The summed E-state index contributed by atoms with van der Waals surface area (Å²) in [4.78, 5) is 47.4. The number of nitrogens with two attached hydrogens (primary N) is 1. The molecule has 0 bridgehead atoms. The van der Waals surface area contributed by atoms with Gasteiger partial charge in [0.05, 0.1) is 6.61 Å². The Morgan fingerprint density at radius 1 is 1.25 bits per heavy atom. The zero-order valence-electron chi connectivity index (χ0n) is 15.1. The lowest BCUT2D eigenvalue weighted by Crippen LogP contribution is -2.23. The Kier molecular flexibility index (Phi) is 7.10. The van der Waals surface area contributed by atoms with Gasteiger partial charge < -0.3 is 19.6 Å². The highest BCUT2D eigenvalue weighted by molar-refractivity contribution is 7.08. The second-order valence-electron chi connectivity index (χ2n) is 5.37. The van der Waals surface area contributed by atoms with Crippen molar-refractivity contribution < 1.29 is 33.1 Å². The topological polar surface area (TPSA) is 138 Å². The molecule has 0 unspecified atom stereocenters. The van der Waals surface area contributed by atoms with E-state index in [1.807, 2.05) is 16.8 Å². The molecule has 0 aromatic carbocycles. The number of rotatable bonds is 8. The molecule has 10 heteroatoms. The molecule has 3 N–H and O–H groups in total. The predicted octanol–water partition coefficient (Wildman–Crippen LogP) is 2.12. The van der Waals surface area contributed by atoms with Gasteiger partial charge in [-0.15, -0.1) is 0 Å². The number of hydrogen-bond acceptors (Lipinski definition) is 8. The van der Waals surface area contributed by atoms with Crippen LogP contribution in [0, 0.1) is 6.92 Å². The number of ether oxygens (including phenoxy) is 2. The maximum Gasteiger partial charge on any atom is 0.342 e. The van der Waals surface area contributed by atoms with E-state index in [1.165, 1.54) is 24.3 Å². The average molecular weight is 406 g/mol. The van der Waals surface area contributed by atoms with E-state index in [1.54, 1.807) is 13.0 Å². The number of esters is 2. The first kappa shape index (κ1) is 20.9. The quantitative estimate of drug-likeness (QED) is 0.506. The van der Waals surface area contributed by atoms with Crippen molar-refractivity contribution in [3.8, 4) is 0 Å². The highest BCUT2D eigenvalue weighted by atomic mass is 32.1. The van der Waals surface area contributed by atoms with Gasteiger partial charge in [0.2, 0.25) is 5.88 Å². The van der Waals surface area contributed by atoms with Crippen LogP contribution in [0.1, 0.15) is 39.0 Å². The fourth-order valence-corrected chi connectivity index (χ4v) is 2.83. The number of aryl methyl sites for hydroxylation is 1. The smallest absolute Gasteiger partial charge is 0.342 e. The van der Waals surface area contributed by atoms with Gasteiger partial charge in [0.25, 0.3) is 11.8 Å². The van der Waals surface area contributed by atoms with Gasteiger partial charge in [0, 0.05) is 6.08 Å². The Labute approximate surface area is 164 Å². The monoisotopic (exact) mass is 406 g/mol. The maximum absolute atomic E-state index is 12.0. The van der Waals surface area contributed by atoms with Crippen LogP contribution in [0.3, 0.4) is 0 Å². The van der Waals surface area contributed by atoms with E-state index in [9.17, 15) is 19.2 Å². The summed E-state index contributed by atoms with van der Waals surface area (Å²) in [7, 11) is 0. The van der Waals surface area contributed by atoms with Gasteiger partial charge in [-0.05, 0) is 42.3 Å². The van der Waals surface area contributed by atoms with E-state index in [2.05, 4.69) is 5.32 Å². The van der Waals surface area contributed by atoms with Gasteiger partial charge in [0.1, 0.15) is 16.9 Å².